The molecule has 2 rings (SSSR count). The van der Waals surface area contributed by atoms with E-state index in [9.17, 15) is 14.4 Å². The van der Waals surface area contributed by atoms with E-state index in [1.54, 1.807) is 26.0 Å². The Labute approximate surface area is 228 Å². The molecule has 13 nitrogen and oxygen atoms in total. The predicted molar refractivity (Wildman–Crippen MR) is 141 cm³/mol. The molecule has 13 heteroatoms. The van der Waals surface area contributed by atoms with Gasteiger partial charge in [0, 0.05) is 21.0 Å². The summed E-state index contributed by atoms with van der Waals surface area (Å²) >= 11 is 0. The van der Waals surface area contributed by atoms with Crippen LogP contribution >= 0.6 is 0 Å². The standard InChI is InChI=1S/C26H41N5O8/c1-8-19(9-2)12-37-25(34)16(3)29-15-36-13-26(6,35-7)23(39-18(5)33)22(38-17(4)32)20-10-11-21-24(27)28-14-30-31(20)21/h10-11,14,16,19,22-23,29H,8-9,12-13,15H2,1-7H3,(H2,27,28,30)/t16-,22-,23-,26+/m0/s1. The number of fused-ring (bicyclic) bond motifs is 1. The fraction of sp³-hybridized carbons (Fsp3) is 0.654. The first-order valence-electron chi connectivity index (χ1n) is 12.9. The molecule has 4 atom stereocenters. The first kappa shape index (κ1) is 31.9. The molecule has 2 heterocycles. The molecule has 0 aromatic carbocycles. The third-order valence-corrected chi connectivity index (χ3v) is 6.58. The predicted octanol–water partition coefficient (Wildman–Crippen LogP) is 2.18. The van der Waals surface area contributed by atoms with E-state index in [1.165, 1.54) is 31.8 Å². The SMILES string of the molecule is CCC(CC)COC(=O)[C@H](C)NCOC[C@@](C)(OC)[C@@H](OC(C)=O)[C@@H](OC(C)=O)c1ccc2c(N)ncnn12. The zero-order valence-corrected chi connectivity index (χ0v) is 23.8. The third kappa shape index (κ3) is 8.60. The molecule has 0 radical (unpaired) electrons. The Kier molecular flexibility index (Phi) is 12.1. The summed E-state index contributed by atoms with van der Waals surface area (Å²) in [6.45, 7) is 10.2. The fourth-order valence-electron chi connectivity index (χ4n) is 3.96. The van der Waals surface area contributed by atoms with E-state index in [-0.39, 0.29) is 25.1 Å². The number of hydrogen-bond donors (Lipinski definition) is 2. The number of carbonyl (C=O) groups is 3. The smallest absolute Gasteiger partial charge is 0.322 e. The Morgan fingerprint density at radius 3 is 2.38 bits per heavy atom. The van der Waals surface area contributed by atoms with Gasteiger partial charge >= 0.3 is 17.9 Å². The highest BCUT2D eigenvalue weighted by molar-refractivity contribution is 5.75. The second kappa shape index (κ2) is 14.8. The summed E-state index contributed by atoms with van der Waals surface area (Å²) in [6, 6.07) is 2.71. The van der Waals surface area contributed by atoms with E-state index in [2.05, 4.69) is 29.2 Å². The maximum atomic E-state index is 12.3. The molecule has 0 unspecified atom stereocenters. The molecule has 0 amide bonds. The van der Waals surface area contributed by atoms with Gasteiger partial charge in [0.1, 0.15) is 23.5 Å². The van der Waals surface area contributed by atoms with Crippen molar-refractivity contribution < 1.29 is 38.1 Å². The van der Waals surface area contributed by atoms with Gasteiger partial charge in [-0.1, -0.05) is 26.7 Å². The van der Waals surface area contributed by atoms with Crippen molar-refractivity contribution in [2.45, 2.75) is 78.2 Å². The summed E-state index contributed by atoms with van der Waals surface area (Å²) in [5.41, 5.74) is 5.54. The maximum Gasteiger partial charge on any atom is 0.322 e. The first-order valence-corrected chi connectivity index (χ1v) is 12.9. The van der Waals surface area contributed by atoms with Gasteiger partial charge in [-0.3, -0.25) is 19.7 Å². The van der Waals surface area contributed by atoms with Gasteiger partial charge in [-0.15, -0.1) is 0 Å². The van der Waals surface area contributed by atoms with Gasteiger partial charge in [-0.05, 0) is 31.9 Å². The number of rotatable bonds is 16. The highest BCUT2D eigenvalue weighted by Gasteiger charge is 2.46. The summed E-state index contributed by atoms with van der Waals surface area (Å²) in [7, 11) is 1.42. The molecule has 218 valence electrons. The van der Waals surface area contributed by atoms with Crippen molar-refractivity contribution in [2.75, 3.05) is 32.8 Å². The molecular formula is C26H41N5O8. The van der Waals surface area contributed by atoms with Crippen molar-refractivity contribution in [3.63, 3.8) is 0 Å². The van der Waals surface area contributed by atoms with Crippen LogP contribution in [-0.2, 0) is 38.1 Å². The molecule has 0 aliphatic carbocycles. The first-order chi connectivity index (χ1) is 18.5. The number of anilines is 1. The van der Waals surface area contributed by atoms with Crippen LogP contribution in [-0.4, -0.2) is 77.3 Å². The Morgan fingerprint density at radius 2 is 1.79 bits per heavy atom. The van der Waals surface area contributed by atoms with Crippen molar-refractivity contribution in [1.82, 2.24) is 19.9 Å². The Morgan fingerprint density at radius 1 is 1.13 bits per heavy atom. The number of nitrogens with one attached hydrogen (secondary N) is 1. The lowest BCUT2D eigenvalue weighted by atomic mass is 9.92. The number of carbonyl (C=O) groups excluding carboxylic acids is 3. The average Bonchev–Trinajstić information content (AvgIpc) is 3.33. The number of methoxy groups -OCH3 is 1. The quantitative estimate of drug-likeness (QED) is 0.135. The molecule has 39 heavy (non-hydrogen) atoms. The second-order valence-electron chi connectivity index (χ2n) is 9.51. The number of nitrogens with zero attached hydrogens (tertiary/aromatic N) is 3. The normalized spacial score (nSPS) is 15.4. The van der Waals surface area contributed by atoms with Crippen LogP contribution in [0.2, 0.25) is 0 Å². The van der Waals surface area contributed by atoms with Crippen LogP contribution in [0, 0.1) is 5.92 Å². The summed E-state index contributed by atoms with van der Waals surface area (Å²) in [4.78, 5) is 40.6. The highest BCUT2D eigenvalue weighted by Crippen LogP contribution is 2.34. The number of hydrogen-bond acceptors (Lipinski definition) is 12. The minimum absolute atomic E-state index is 0.0248. The Bertz CT molecular complexity index is 1110. The van der Waals surface area contributed by atoms with Gasteiger partial charge in [0.2, 0.25) is 0 Å². The number of nitrogens with two attached hydrogens (primary N) is 1. The molecule has 2 aromatic rings. The molecule has 0 aliphatic rings. The van der Waals surface area contributed by atoms with E-state index in [4.69, 9.17) is 29.4 Å². The molecule has 0 spiro atoms. The van der Waals surface area contributed by atoms with E-state index >= 15 is 0 Å². The zero-order chi connectivity index (χ0) is 29.2. The number of nitrogen functional groups attached to an aromatic ring is 1. The largest absolute Gasteiger partial charge is 0.464 e. The van der Waals surface area contributed by atoms with Gasteiger partial charge in [-0.25, -0.2) is 9.50 Å². The number of ether oxygens (including phenoxy) is 5. The van der Waals surface area contributed by atoms with Crippen molar-refractivity contribution in [1.29, 1.82) is 0 Å². The number of aromatic nitrogens is 3. The Hall–Kier alpha value is -3.29. The minimum Gasteiger partial charge on any atom is -0.464 e. The molecule has 0 saturated heterocycles. The van der Waals surface area contributed by atoms with Gasteiger partial charge in [-0.2, -0.15) is 5.10 Å². The van der Waals surface area contributed by atoms with E-state index in [0.29, 0.717) is 23.7 Å². The molecule has 0 aliphatic heterocycles. The monoisotopic (exact) mass is 551 g/mol. The number of esters is 3. The lowest BCUT2D eigenvalue weighted by Gasteiger charge is -2.39. The van der Waals surface area contributed by atoms with Crippen LogP contribution < -0.4 is 11.1 Å². The van der Waals surface area contributed by atoms with Crippen LogP contribution in [0.4, 0.5) is 5.82 Å². The topological polar surface area (TPSA) is 166 Å². The third-order valence-electron chi connectivity index (χ3n) is 6.58. The zero-order valence-electron chi connectivity index (χ0n) is 23.8. The van der Waals surface area contributed by atoms with E-state index in [0.717, 1.165) is 12.8 Å². The van der Waals surface area contributed by atoms with Crippen LogP contribution in [0.3, 0.4) is 0 Å². The molecule has 2 aromatic heterocycles. The molecular weight excluding hydrogens is 510 g/mol. The van der Waals surface area contributed by atoms with Crippen LogP contribution in [0.1, 0.15) is 66.2 Å². The van der Waals surface area contributed by atoms with Crippen molar-refractivity contribution in [3.05, 3.63) is 24.2 Å². The van der Waals surface area contributed by atoms with Gasteiger partial charge < -0.3 is 29.4 Å². The van der Waals surface area contributed by atoms with Gasteiger partial charge in [0.05, 0.1) is 25.6 Å². The van der Waals surface area contributed by atoms with Crippen LogP contribution in [0.5, 0.6) is 0 Å². The van der Waals surface area contributed by atoms with Gasteiger partial charge in [0.25, 0.3) is 0 Å². The van der Waals surface area contributed by atoms with E-state index < -0.39 is 35.8 Å². The molecule has 0 saturated carbocycles. The average molecular weight is 552 g/mol. The summed E-state index contributed by atoms with van der Waals surface area (Å²) < 4.78 is 29.7. The summed E-state index contributed by atoms with van der Waals surface area (Å²) in [5.74, 6) is -1.07. The Balaban J connectivity index is 2.20. The minimum atomic E-state index is -1.30. The van der Waals surface area contributed by atoms with Gasteiger partial charge in [0.15, 0.2) is 18.0 Å². The lowest BCUT2D eigenvalue weighted by molar-refractivity contribution is -0.204. The lowest BCUT2D eigenvalue weighted by Crippen LogP contribution is -2.52. The van der Waals surface area contributed by atoms with Crippen LogP contribution in [0.25, 0.3) is 5.52 Å². The maximum absolute atomic E-state index is 12.3. The summed E-state index contributed by atoms with van der Waals surface area (Å²) in [6.07, 6.45) is 0.839. The fourth-order valence-corrected chi connectivity index (χ4v) is 3.96. The summed E-state index contributed by atoms with van der Waals surface area (Å²) in [5, 5.41) is 7.17. The van der Waals surface area contributed by atoms with Crippen LogP contribution in [0.15, 0.2) is 18.5 Å². The van der Waals surface area contributed by atoms with Crippen molar-refractivity contribution >= 4 is 29.2 Å². The highest BCUT2D eigenvalue weighted by atomic mass is 16.6. The van der Waals surface area contributed by atoms with Crippen molar-refractivity contribution in [3.8, 4) is 0 Å². The molecule has 0 fully saturated rings. The second-order valence-corrected chi connectivity index (χ2v) is 9.51. The van der Waals surface area contributed by atoms with Crippen molar-refractivity contribution in [2.24, 2.45) is 5.92 Å². The molecule has 3 N–H and O–H groups in total. The van der Waals surface area contributed by atoms with E-state index in [1.807, 2.05) is 0 Å². The molecule has 0 bridgehead atoms.